The Bertz CT molecular complexity index is 1290. The SMILES string of the molecule is COc1ccc(C2=Nc3cc(C)c(C)cc3N=C(SCC(=O)Nc3cc(C)ccc3C)C2)cc1. The molecular formula is C28H29N3O2S. The van der Waals surface area contributed by atoms with Gasteiger partial charge in [0.2, 0.25) is 5.91 Å². The monoisotopic (exact) mass is 471 g/mol. The number of hydrogen-bond acceptors (Lipinski definition) is 5. The second-order valence-electron chi connectivity index (χ2n) is 8.55. The van der Waals surface area contributed by atoms with Crippen LogP contribution in [-0.4, -0.2) is 29.5 Å². The third kappa shape index (κ3) is 5.57. The molecule has 1 amide bonds. The summed E-state index contributed by atoms with van der Waals surface area (Å²) in [6.07, 6.45) is 0.556. The Kier molecular flexibility index (Phi) is 7.17. The number of aliphatic imine (C=N–C) groups is 2. The van der Waals surface area contributed by atoms with Crippen LogP contribution in [0.4, 0.5) is 17.1 Å². The molecule has 3 aromatic rings. The standard InChI is InChI=1S/C28H29N3O2S/c1-17-6-7-18(2)23(12-17)30-27(32)16-34-28-15-24(21-8-10-22(33-5)11-9-21)29-25-13-19(3)20(4)14-26(25)31-28/h6-14H,15-16H2,1-5H3,(H,30,32). The lowest BCUT2D eigenvalue weighted by molar-refractivity contribution is -0.113. The predicted octanol–water partition coefficient (Wildman–Crippen LogP) is 6.86. The molecule has 0 atom stereocenters. The third-order valence-corrected chi connectivity index (χ3v) is 6.85. The normalized spacial score (nSPS) is 12.9. The van der Waals surface area contributed by atoms with Crippen LogP contribution < -0.4 is 10.1 Å². The average Bonchev–Trinajstić information content (AvgIpc) is 2.99. The van der Waals surface area contributed by atoms with E-state index in [0.717, 1.165) is 50.3 Å². The Morgan fingerprint density at radius 2 is 1.59 bits per heavy atom. The van der Waals surface area contributed by atoms with Crippen molar-refractivity contribution in [3.05, 3.63) is 82.4 Å². The van der Waals surface area contributed by atoms with Crippen molar-refractivity contribution in [3.8, 4) is 5.75 Å². The molecule has 0 spiro atoms. The number of amides is 1. The van der Waals surface area contributed by atoms with Crippen molar-refractivity contribution in [2.24, 2.45) is 9.98 Å². The number of anilines is 1. The van der Waals surface area contributed by atoms with E-state index in [4.69, 9.17) is 14.7 Å². The summed E-state index contributed by atoms with van der Waals surface area (Å²) in [5.74, 6) is 1.03. The van der Waals surface area contributed by atoms with Gasteiger partial charge in [0.25, 0.3) is 0 Å². The molecule has 5 nitrogen and oxygen atoms in total. The first-order chi connectivity index (χ1) is 16.3. The molecule has 1 aliphatic heterocycles. The number of thioether (sulfide) groups is 1. The van der Waals surface area contributed by atoms with Crippen LogP contribution in [0.2, 0.25) is 0 Å². The van der Waals surface area contributed by atoms with Gasteiger partial charge in [-0.1, -0.05) is 12.1 Å². The Hall–Kier alpha value is -3.38. The maximum absolute atomic E-state index is 12.7. The highest BCUT2D eigenvalue weighted by Gasteiger charge is 2.18. The number of carbonyl (C=O) groups excluding carboxylic acids is 1. The molecule has 0 saturated heterocycles. The molecule has 174 valence electrons. The zero-order chi connectivity index (χ0) is 24.2. The Labute approximate surface area is 205 Å². The number of ether oxygens (including phenoxy) is 1. The fourth-order valence-electron chi connectivity index (χ4n) is 3.71. The van der Waals surface area contributed by atoms with E-state index in [0.29, 0.717) is 6.42 Å². The summed E-state index contributed by atoms with van der Waals surface area (Å²) in [6.45, 7) is 8.18. The van der Waals surface area contributed by atoms with Gasteiger partial charge < -0.3 is 10.1 Å². The first-order valence-corrected chi connectivity index (χ1v) is 12.2. The van der Waals surface area contributed by atoms with Gasteiger partial charge >= 0.3 is 0 Å². The minimum Gasteiger partial charge on any atom is -0.497 e. The number of benzene rings is 3. The van der Waals surface area contributed by atoms with Crippen molar-refractivity contribution < 1.29 is 9.53 Å². The fraction of sp³-hybridized carbons (Fsp3) is 0.250. The quantitative estimate of drug-likeness (QED) is 0.442. The molecule has 6 heteroatoms. The molecule has 0 aliphatic carbocycles. The molecule has 0 unspecified atom stereocenters. The van der Waals surface area contributed by atoms with Crippen molar-refractivity contribution in [2.45, 2.75) is 34.1 Å². The van der Waals surface area contributed by atoms with Gasteiger partial charge in [-0.3, -0.25) is 9.79 Å². The van der Waals surface area contributed by atoms with Gasteiger partial charge in [0.05, 0.1) is 35.0 Å². The minimum atomic E-state index is -0.0473. The fourth-order valence-corrected chi connectivity index (χ4v) is 4.48. The number of methoxy groups -OCH3 is 1. The van der Waals surface area contributed by atoms with Crippen molar-refractivity contribution >= 4 is 45.5 Å². The highest BCUT2D eigenvalue weighted by atomic mass is 32.2. The number of hydrogen-bond donors (Lipinski definition) is 1. The number of nitrogens with one attached hydrogen (secondary N) is 1. The number of fused-ring (bicyclic) bond motifs is 1. The first-order valence-electron chi connectivity index (χ1n) is 11.2. The summed E-state index contributed by atoms with van der Waals surface area (Å²) in [4.78, 5) is 22.6. The maximum atomic E-state index is 12.7. The van der Waals surface area contributed by atoms with Crippen LogP contribution in [0.3, 0.4) is 0 Å². The number of nitrogens with zero attached hydrogens (tertiary/aromatic N) is 2. The lowest BCUT2D eigenvalue weighted by Crippen LogP contribution is -2.17. The highest BCUT2D eigenvalue weighted by Crippen LogP contribution is 2.36. The molecule has 4 rings (SSSR count). The molecule has 0 radical (unpaired) electrons. The number of carbonyl (C=O) groups is 1. The van der Waals surface area contributed by atoms with E-state index < -0.39 is 0 Å². The number of aryl methyl sites for hydroxylation is 4. The largest absolute Gasteiger partial charge is 0.497 e. The van der Waals surface area contributed by atoms with Gasteiger partial charge in [-0.05, 0) is 98.0 Å². The maximum Gasteiger partial charge on any atom is 0.234 e. The van der Waals surface area contributed by atoms with Crippen LogP contribution >= 0.6 is 11.8 Å². The van der Waals surface area contributed by atoms with Crippen LogP contribution in [0.5, 0.6) is 5.75 Å². The summed E-state index contributed by atoms with van der Waals surface area (Å²) in [5, 5.41) is 3.91. The zero-order valence-corrected chi connectivity index (χ0v) is 21.0. The molecule has 34 heavy (non-hydrogen) atoms. The van der Waals surface area contributed by atoms with E-state index in [1.807, 2.05) is 56.3 Å². The van der Waals surface area contributed by atoms with Crippen LogP contribution in [0.1, 0.15) is 34.2 Å². The van der Waals surface area contributed by atoms with E-state index >= 15 is 0 Å². The average molecular weight is 472 g/mol. The summed E-state index contributed by atoms with van der Waals surface area (Å²) in [5.41, 5.74) is 8.98. The zero-order valence-electron chi connectivity index (χ0n) is 20.2. The molecule has 0 fully saturated rings. The lowest BCUT2D eigenvalue weighted by atomic mass is 10.1. The van der Waals surface area contributed by atoms with E-state index in [9.17, 15) is 4.79 Å². The highest BCUT2D eigenvalue weighted by molar-refractivity contribution is 8.14. The van der Waals surface area contributed by atoms with Gasteiger partial charge in [-0.15, -0.1) is 11.8 Å². The van der Waals surface area contributed by atoms with Crippen LogP contribution in [0, 0.1) is 27.7 Å². The number of rotatable bonds is 5. The topological polar surface area (TPSA) is 63.1 Å². The second kappa shape index (κ2) is 10.3. The summed E-state index contributed by atoms with van der Waals surface area (Å²) in [7, 11) is 1.66. The molecule has 0 saturated carbocycles. The molecule has 0 aromatic heterocycles. The summed E-state index contributed by atoms with van der Waals surface area (Å²) < 4.78 is 5.30. The van der Waals surface area contributed by atoms with Crippen LogP contribution in [0.15, 0.2) is 64.6 Å². The van der Waals surface area contributed by atoms with E-state index in [2.05, 4.69) is 31.3 Å². The molecule has 1 N–H and O–H groups in total. The molecular weight excluding hydrogens is 442 g/mol. The van der Waals surface area contributed by atoms with Gasteiger partial charge in [0.1, 0.15) is 5.75 Å². The van der Waals surface area contributed by atoms with Gasteiger partial charge in [-0.2, -0.15) is 0 Å². The van der Waals surface area contributed by atoms with Crippen molar-refractivity contribution in [2.75, 3.05) is 18.2 Å². The van der Waals surface area contributed by atoms with E-state index in [1.165, 1.54) is 22.9 Å². The Morgan fingerprint density at radius 1 is 0.912 bits per heavy atom. The van der Waals surface area contributed by atoms with Crippen LogP contribution in [-0.2, 0) is 4.79 Å². The Balaban J connectivity index is 1.59. The van der Waals surface area contributed by atoms with E-state index in [1.54, 1.807) is 7.11 Å². The molecule has 1 heterocycles. The lowest BCUT2D eigenvalue weighted by Gasteiger charge is -2.10. The first kappa shape index (κ1) is 23.8. The van der Waals surface area contributed by atoms with Crippen LogP contribution in [0.25, 0.3) is 0 Å². The van der Waals surface area contributed by atoms with Crippen molar-refractivity contribution in [3.63, 3.8) is 0 Å². The predicted molar refractivity (Wildman–Crippen MR) is 144 cm³/mol. The third-order valence-electron chi connectivity index (χ3n) is 5.87. The summed E-state index contributed by atoms with van der Waals surface area (Å²) in [6, 6.07) is 18.1. The Morgan fingerprint density at radius 3 is 2.26 bits per heavy atom. The minimum absolute atomic E-state index is 0.0473. The smallest absolute Gasteiger partial charge is 0.234 e. The van der Waals surface area contributed by atoms with Gasteiger partial charge in [0.15, 0.2) is 0 Å². The van der Waals surface area contributed by atoms with Gasteiger partial charge in [0, 0.05) is 12.1 Å². The van der Waals surface area contributed by atoms with Crippen molar-refractivity contribution in [1.82, 2.24) is 0 Å². The molecule has 0 bridgehead atoms. The second-order valence-corrected chi connectivity index (χ2v) is 9.60. The van der Waals surface area contributed by atoms with Gasteiger partial charge in [-0.25, -0.2) is 4.99 Å². The van der Waals surface area contributed by atoms with E-state index in [-0.39, 0.29) is 11.7 Å². The molecule has 1 aliphatic rings. The molecule has 3 aromatic carbocycles. The summed E-state index contributed by atoms with van der Waals surface area (Å²) >= 11 is 1.46. The van der Waals surface area contributed by atoms with Crippen molar-refractivity contribution in [1.29, 1.82) is 0 Å².